The van der Waals surface area contributed by atoms with Crippen molar-refractivity contribution in [2.45, 2.75) is 0 Å². The molecular formula is C14H16FN3O2. The summed E-state index contributed by atoms with van der Waals surface area (Å²) in [4.78, 5) is 17.9. The van der Waals surface area contributed by atoms with Gasteiger partial charge in [0.2, 0.25) is 0 Å². The molecule has 6 heteroatoms. The highest BCUT2D eigenvalue weighted by Gasteiger charge is 2.21. The monoisotopic (exact) mass is 277 g/mol. The lowest BCUT2D eigenvalue weighted by Crippen LogP contribution is -2.09. The van der Waals surface area contributed by atoms with Gasteiger partial charge in [0.15, 0.2) is 5.69 Å². The number of fused-ring (bicyclic) bond motifs is 1. The van der Waals surface area contributed by atoms with Crippen LogP contribution in [-0.2, 0) is 11.8 Å². The van der Waals surface area contributed by atoms with Gasteiger partial charge in [0, 0.05) is 26.5 Å². The van der Waals surface area contributed by atoms with Crippen molar-refractivity contribution in [3.63, 3.8) is 0 Å². The first-order chi connectivity index (χ1) is 9.45. The second kappa shape index (κ2) is 5.32. The van der Waals surface area contributed by atoms with Crippen LogP contribution < -0.4 is 0 Å². The number of carbonyl (C=O) groups excluding carboxylic acids is 1. The van der Waals surface area contributed by atoms with Crippen molar-refractivity contribution in [2.75, 3.05) is 21.2 Å². The van der Waals surface area contributed by atoms with Crippen LogP contribution in [0.4, 0.5) is 10.1 Å². The SMILES string of the molecule is COC(=O)c1c(N=CN(C)C)c2cc(F)ccc2n1C. The van der Waals surface area contributed by atoms with Gasteiger partial charge >= 0.3 is 5.97 Å². The normalized spacial score (nSPS) is 11.2. The second-order valence-corrected chi connectivity index (χ2v) is 4.62. The third-order valence-corrected chi connectivity index (χ3v) is 2.93. The van der Waals surface area contributed by atoms with Crippen LogP contribution in [0, 0.1) is 5.82 Å². The Morgan fingerprint density at radius 3 is 2.75 bits per heavy atom. The lowest BCUT2D eigenvalue weighted by Gasteiger charge is -2.04. The zero-order valence-electron chi connectivity index (χ0n) is 11.8. The van der Waals surface area contributed by atoms with Gasteiger partial charge in [-0.3, -0.25) is 0 Å². The Labute approximate surface area is 116 Å². The molecule has 0 spiro atoms. The van der Waals surface area contributed by atoms with E-state index in [0.717, 1.165) is 5.52 Å². The first-order valence-corrected chi connectivity index (χ1v) is 6.02. The summed E-state index contributed by atoms with van der Waals surface area (Å²) in [5.41, 5.74) is 1.42. The van der Waals surface area contributed by atoms with Crippen molar-refractivity contribution in [3.8, 4) is 0 Å². The Kier molecular flexibility index (Phi) is 3.74. The molecule has 0 fully saturated rings. The summed E-state index contributed by atoms with van der Waals surface area (Å²) in [5, 5.41) is 0.575. The largest absolute Gasteiger partial charge is 0.464 e. The molecule has 1 heterocycles. The predicted molar refractivity (Wildman–Crippen MR) is 76.1 cm³/mol. The van der Waals surface area contributed by atoms with E-state index >= 15 is 0 Å². The summed E-state index contributed by atoms with van der Waals surface area (Å²) in [6.45, 7) is 0. The van der Waals surface area contributed by atoms with Gasteiger partial charge < -0.3 is 14.2 Å². The average molecular weight is 277 g/mol. The number of aromatic nitrogens is 1. The van der Waals surface area contributed by atoms with E-state index in [2.05, 4.69) is 4.99 Å². The summed E-state index contributed by atoms with van der Waals surface area (Å²) >= 11 is 0. The van der Waals surface area contributed by atoms with Gasteiger partial charge in [-0.1, -0.05) is 0 Å². The summed E-state index contributed by atoms with van der Waals surface area (Å²) in [6, 6.07) is 4.33. The summed E-state index contributed by atoms with van der Waals surface area (Å²) < 4.78 is 19.9. The van der Waals surface area contributed by atoms with E-state index in [1.54, 1.807) is 28.9 Å². The van der Waals surface area contributed by atoms with Crippen molar-refractivity contribution in [1.82, 2.24) is 9.47 Å². The van der Waals surface area contributed by atoms with Gasteiger partial charge in [0.25, 0.3) is 0 Å². The molecule has 0 N–H and O–H groups in total. The number of rotatable bonds is 3. The number of ether oxygens (including phenoxy) is 1. The molecule has 1 aromatic heterocycles. The first kappa shape index (κ1) is 14.0. The topological polar surface area (TPSA) is 46.8 Å². The van der Waals surface area contributed by atoms with E-state index in [1.165, 1.54) is 19.2 Å². The fourth-order valence-corrected chi connectivity index (χ4v) is 2.03. The van der Waals surface area contributed by atoms with E-state index in [-0.39, 0.29) is 5.82 Å². The molecule has 0 saturated heterocycles. The van der Waals surface area contributed by atoms with E-state index in [4.69, 9.17) is 4.74 Å². The second-order valence-electron chi connectivity index (χ2n) is 4.62. The lowest BCUT2D eigenvalue weighted by molar-refractivity contribution is 0.0591. The van der Waals surface area contributed by atoms with Crippen LogP contribution >= 0.6 is 0 Å². The van der Waals surface area contributed by atoms with Gasteiger partial charge in [-0.05, 0) is 18.2 Å². The number of aliphatic imine (C=N–C) groups is 1. The summed E-state index contributed by atoms with van der Waals surface area (Å²) in [5.74, 6) is -0.879. The van der Waals surface area contributed by atoms with Gasteiger partial charge in [-0.2, -0.15) is 0 Å². The van der Waals surface area contributed by atoms with Crippen LogP contribution in [0.5, 0.6) is 0 Å². The van der Waals surface area contributed by atoms with Gasteiger partial charge in [0.1, 0.15) is 11.5 Å². The fraction of sp³-hybridized carbons (Fsp3) is 0.286. The Morgan fingerprint density at radius 2 is 2.15 bits per heavy atom. The molecule has 1 aromatic carbocycles. The number of halogens is 1. The number of benzene rings is 1. The van der Waals surface area contributed by atoms with Crippen molar-refractivity contribution in [2.24, 2.45) is 12.0 Å². The van der Waals surface area contributed by atoms with Gasteiger partial charge in [-0.25, -0.2) is 14.2 Å². The van der Waals surface area contributed by atoms with Crippen LogP contribution in [0.1, 0.15) is 10.5 Å². The molecule has 2 rings (SSSR count). The van der Waals surface area contributed by atoms with Crippen LogP contribution in [-0.4, -0.2) is 43.0 Å². The highest BCUT2D eigenvalue weighted by molar-refractivity contribution is 6.06. The predicted octanol–water partition coefficient (Wildman–Crippen LogP) is 2.33. The molecule has 20 heavy (non-hydrogen) atoms. The van der Waals surface area contributed by atoms with Gasteiger partial charge in [0.05, 0.1) is 19.0 Å². The zero-order valence-corrected chi connectivity index (χ0v) is 11.8. The van der Waals surface area contributed by atoms with Crippen LogP contribution in [0.3, 0.4) is 0 Å². The minimum atomic E-state index is -0.505. The molecule has 0 unspecified atom stereocenters. The number of esters is 1. The Morgan fingerprint density at radius 1 is 1.45 bits per heavy atom. The Balaban J connectivity index is 2.78. The molecule has 0 saturated carbocycles. The molecule has 0 aliphatic rings. The lowest BCUT2D eigenvalue weighted by atomic mass is 10.2. The number of carbonyl (C=O) groups is 1. The third kappa shape index (κ3) is 2.36. The molecule has 0 bridgehead atoms. The van der Waals surface area contributed by atoms with Crippen molar-refractivity contribution in [3.05, 3.63) is 29.7 Å². The number of hydrogen-bond acceptors (Lipinski definition) is 3. The Hall–Kier alpha value is -2.37. The van der Waals surface area contributed by atoms with Crippen LogP contribution in [0.25, 0.3) is 10.9 Å². The van der Waals surface area contributed by atoms with E-state index < -0.39 is 5.97 Å². The van der Waals surface area contributed by atoms with Crippen LogP contribution in [0.2, 0.25) is 0 Å². The third-order valence-electron chi connectivity index (χ3n) is 2.93. The maximum atomic E-state index is 13.5. The highest BCUT2D eigenvalue weighted by Crippen LogP contribution is 2.33. The summed E-state index contributed by atoms with van der Waals surface area (Å²) in [7, 11) is 6.65. The van der Waals surface area contributed by atoms with Crippen LogP contribution in [0.15, 0.2) is 23.2 Å². The molecule has 0 aliphatic carbocycles. The molecule has 106 valence electrons. The number of methoxy groups -OCH3 is 1. The summed E-state index contributed by atoms with van der Waals surface area (Å²) in [6.07, 6.45) is 1.56. The molecule has 0 radical (unpaired) electrons. The smallest absolute Gasteiger partial charge is 0.356 e. The average Bonchev–Trinajstić information content (AvgIpc) is 2.67. The molecular weight excluding hydrogens is 261 g/mol. The highest BCUT2D eigenvalue weighted by atomic mass is 19.1. The molecule has 2 aromatic rings. The maximum Gasteiger partial charge on any atom is 0.356 e. The minimum Gasteiger partial charge on any atom is -0.464 e. The molecule has 0 aliphatic heterocycles. The first-order valence-electron chi connectivity index (χ1n) is 6.02. The zero-order chi connectivity index (χ0) is 14.9. The van der Waals surface area contributed by atoms with Gasteiger partial charge in [-0.15, -0.1) is 0 Å². The molecule has 0 amide bonds. The fourth-order valence-electron chi connectivity index (χ4n) is 2.03. The molecule has 0 atom stereocenters. The number of aryl methyl sites for hydroxylation is 1. The maximum absolute atomic E-state index is 13.5. The number of nitrogens with zero attached hydrogens (tertiary/aromatic N) is 3. The van der Waals surface area contributed by atoms with Crippen molar-refractivity contribution >= 4 is 28.9 Å². The van der Waals surface area contributed by atoms with E-state index in [9.17, 15) is 9.18 Å². The Bertz CT molecular complexity index is 689. The van der Waals surface area contributed by atoms with E-state index in [0.29, 0.717) is 16.8 Å². The van der Waals surface area contributed by atoms with Crippen molar-refractivity contribution in [1.29, 1.82) is 0 Å². The number of hydrogen-bond donors (Lipinski definition) is 0. The standard InChI is InChI=1S/C14H16FN3O2/c1-17(2)8-16-12-10-7-9(15)5-6-11(10)18(3)13(12)14(19)20-4/h5-8H,1-4H3. The minimum absolute atomic E-state index is 0.297. The molecule has 5 nitrogen and oxygen atoms in total. The quantitative estimate of drug-likeness (QED) is 0.491. The van der Waals surface area contributed by atoms with E-state index in [1.807, 2.05) is 14.1 Å². The van der Waals surface area contributed by atoms with Crippen molar-refractivity contribution < 1.29 is 13.9 Å².